The third-order valence-electron chi connectivity index (χ3n) is 5.00. The minimum atomic E-state index is -3.71. The lowest BCUT2D eigenvalue weighted by atomic mass is 10.0. The van der Waals surface area contributed by atoms with Crippen molar-refractivity contribution in [1.29, 1.82) is 0 Å². The number of hydrogen-bond donors (Lipinski definition) is 1. The maximum atomic E-state index is 12.9. The summed E-state index contributed by atoms with van der Waals surface area (Å²) in [6.45, 7) is 4.37. The molecule has 7 heteroatoms. The SMILES string of the molecule is C[C@H]1CCCN(CC(=O)Nc2cccc(S(=O)(=O)N(C)c3ccccc3)c2)C1. The van der Waals surface area contributed by atoms with E-state index in [-0.39, 0.29) is 10.8 Å². The number of sulfonamides is 1. The van der Waals surface area contributed by atoms with Gasteiger partial charge in [-0.25, -0.2) is 8.42 Å². The summed E-state index contributed by atoms with van der Waals surface area (Å²) in [6.07, 6.45) is 2.31. The van der Waals surface area contributed by atoms with Gasteiger partial charge in [-0.2, -0.15) is 0 Å². The summed E-state index contributed by atoms with van der Waals surface area (Å²) in [4.78, 5) is 14.7. The smallest absolute Gasteiger partial charge is 0.264 e. The number of nitrogens with zero attached hydrogens (tertiary/aromatic N) is 2. The van der Waals surface area contributed by atoms with Crippen LogP contribution in [0.15, 0.2) is 59.5 Å². The largest absolute Gasteiger partial charge is 0.325 e. The van der Waals surface area contributed by atoms with Gasteiger partial charge < -0.3 is 5.32 Å². The van der Waals surface area contributed by atoms with E-state index in [0.717, 1.165) is 19.5 Å². The van der Waals surface area contributed by atoms with Gasteiger partial charge in [0.25, 0.3) is 10.0 Å². The molecule has 1 aliphatic rings. The molecular weight excluding hydrogens is 374 g/mol. The predicted octanol–water partition coefficient (Wildman–Crippen LogP) is 3.18. The zero-order valence-corrected chi connectivity index (χ0v) is 17.2. The van der Waals surface area contributed by atoms with Crippen LogP contribution in [0, 0.1) is 5.92 Å². The van der Waals surface area contributed by atoms with Crippen molar-refractivity contribution in [3.63, 3.8) is 0 Å². The van der Waals surface area contributed by atoms with Gasteiger partial charge in [0.15, 0.2) is 0 Å². The van der Waals surface area contributed by atoms with Gasteiger partial charge in [-0.05, 0) is 55.6 Å². The van der Waals surface area contributed by atoms with Crippen molar-refractivity contribution in [2.24, 2.45) is 5.92 Å². The van der Waals surface area contributed by atoms with Gasteiger partial charge in [-0.15, -0.1) is 0 Å². The van der Waals surface area contributed by atoms with Crippen LogP contribution >= 0.6 is 0 Å². The summed E-state index contributed by atoms with van der Waals surface area (Å²) in [5.41, 5.74) is 1.06. The number of hydrogen-bond acceptors (Lipinski definition) is 4. The Morgan fingerprint density at radius 3 is 2.64 bits per heavy atom. The van der Waals surface area contributed by atoms with Crippen LogP contribution in [0.5, 0.6) is 0 Å². The fraction of sp³-hybridized carbons (Fsp3) is 0.381. The molecule has 1 fully saturated rings. The molecule has 1 saturated heterocycles. The van der Waals surface area contributed by atoms with E-state index in [1.54, 1.807) is 36.4 Å². The summed E-state index contributed by atoms with van der Waals surface area (Å²) < 4.78 is 27.1. The highest BCUT2D eigenvalue weighted by atomic mass is 32.2. The molecule has 150 valence electrons. The molecule has 0 aliphatic carbocycles. The lowest BCUT2D eigenvalue weighted by molar-refractivity contribution is -0.117. The molecule has 2 aromatic carbocycles. The number of likely N-dealkylation sites (tertiary alicyclic amines) is 1. The number of amides is 1. The average Bonchev–Trinajstić information content (AvgIpc) is 2.68. The zero-order chi connectivity index (χ0) is 20.1. The topological polar surface area (TPSA) is 69.7 Å². The van der Waals surface area contributed by atoms with Crippen LogP contribution in [0.2, 0.25) is 0 Å². The van der Waals surface area contributed by atoms with Crippen LogP contribution in [-0.4, -0.2) is 45.9 Å². The molecule has 1 heterocycles. The number of carbonyl (C=O) groups is 1. The summed E-state index contributed by atoms with van der Waals surface area (Å²) in [5, 5.41) is 2.83. The van der Waals surface area contributed by atoms with Crippen molar-refractivity contribution >= 4 is 27.3 Å². The second-order valence-corrected chi connectivity index (χ2v) is 9.34. The molecule has 0 aromatic heterocycles. The Balaban J connectivity index is 1.70. The van der Waals surface area contributed by atoms with Crippen LogP contribution in [0.3, 0.4) is 0 Å². The molecule has 0 radical (unpaired) electrons. The maximum absolute atomic E-state index is 12.9. The second-order valence-electron chi connectivity index (χ2n) is 7.37. The average molecular weight is 402 g/mol. The molecular formula is C21H27N3O3S. The number of nitrogens with one attached hydrogen (secondary N) is 1. The van der Waals surface area contributed by atoms with Gasteiger partial charge in [0.05, 0.1) is 17.1 Å². The molecule has 0 unspecified atom stereocenters. The predicted molar refractivity (Wildman–Crippen MR) is 112 cm³/mol. The molecule has 1 atom stereocenters. The van der Waals surface area contributed by atoms with E-state index in [1.807, 2.05) is 6.07 Å². The third kappa shape index (κ3) is 4.91. The summed E-state index contributed by atoms with van der Waals surface area (Å²) in [6, 6.07) is 15.3. The minimum absolute atomic E-state index is 0.125. The van der Waals surface area contributed by atoms with Crippen LogP contribution in [0.1, 0.15) is 19.8 Å². The molecule has 1 amide bonds. The molecule has 3 rings (SSSR count). The molecule has 0 bridgehead atoms. The first-order valence-electron chi connectivity index (χ1n) is 9.52. The first kappa shape index (κ1) is 20.4. The molecule has 28 heavy (non-hydrogen) atoms. The van der Waals surface area contributed by atoms with Gasteiger partial charge in [0, 0.05) is 19.3 Å². The quantitative estimate of drug-likeness (QED) is 0.807. The first-order chi connectivity index (χ1) is 13.4. The highest BCUT2D eigenvalue weighted by Crippen LogP contribution is 2.23. The van der Waals surface area contributed by atoms with E-state index >= 15 is 0 Å². The zero-order valence-electron chi connectivity index (χ0n) is 16.3. The number of rotatable bonds is 6. The summed E-state index contributed by atoms with van der Waals surface area (Å²) >= 11 is 0. The van der Waals surface area contributed by atoms with Gasteiger partial charge in [0.2, 0.25) is 5.91 Å². The van der Waals surface area contributed by atoms with E-state index in [2.05, 4.69) is 17.1 Å². The van der Waals surface area contributed by atoms with E-state index in [9.17, 15) is 13.2 Å². The van der Waals surface area contributed by atoms with Crippen molar-refractivity contribution in [3.05, 3.63) is 54.6 Å². The number of anilines is 2. The Morgan fingerprint density at radius 1 is 1.18 bits per heavy atom. The van der Waals surface area contributed by atoms with Gasteiger partial charge >= 0.3 is 0 Å². The Hall–Kier alpha value is -2.38. The van der Waals surface area contributed by atoms with Crippen molar-refractivity contribution in [3.8, 4) is 0 Å². The van der Waals surface area contributed by atoms with Crippen LogP contribution < -0.4 is 9.62 Å². The van der Waals surface area contributed by atoms with E-state index in [1.165, 1.54) is 29.9 Å². The van der Waals surface area contributed by atoms with Gasteiger partial charge in [0.1, 0.15) is 0 Å². The minimum Gasteiger partial charge on any atom is -0.325 e. The summed E-state index contributed by atoms with van der Waals surface area (Å²) in [7, 11) is -2.19. The van der Waals surface area contributed by atoms with Crippen LogP contribution in [-0.2, 0) is 14.8 Å². The van der Waals surface area contributed by atoms with Crippen LogP contribution in [0.4, 0.5) is 11.4 Å². The molecule has 0 spiro atoms. The standard InChI is InChI=1S/C21H27N3O3S/c1-17-8-7-13-24(15-17)16-21(25)22-18-9-6-12-20(14-18)28(26,27)23(2)19-10-4-3-5-11-19/h3-6,9-12,14,17H,7-8,13,15-16H2,1-2H3,(H,22,25)/t17-/m0/s1. The van der Waals surface area contributed by atoms with E-state index in [4.69, 9.17) is 0 Å². The molecule has 1 aliphatic heterocycles. The lowest BCUT2D eigenvalue weighted by Gasteiger charge is -2.30. The Morgan fingerprint density at radius 2 is 1.93 bits per heavy atom. The highest BCUT2D eigenvalue weighted by Gasteiger charge is 2.22. The monoisotopic (exact) mass is 401 g/mol. The van der Waals surface area contributed by atoms with E-state index in [0.29, 0.717) is 23.8 Å². The van der Waals surface area contributed by atoms with Crippen LogP contribution in [0.25, 0.3) is 0 Å². The van der Waals surface area contributed by atoms with E-state index < -0.39 is 10.0 Å². The molecule has 2 aromatic rings. The number of benzene rings is 2. The fourth-order valence-corrected chi connectivity index (χ4v) is 4.74. The van der Waals surface area contributed by atoms with Crippen molar-refractivity contribution in [2.75, 3.05) is 36.3 Å². The first-order valence-corrected chi connectivity index (χ1v) is 11.0. The molecule has 1 N–H and O–H groups in total. The molecule has 6 nitrogen and oxygen atoms in total. The Labute approximate surface area is 167 Å². The Kier molecular flexibility index (Phi) is 6.36. The lowest BCUT2D eigenvalue weighted by Crippen LogP contribution is -2.39. The maximum Gasteiger partial charge on any atom is 0.264 e. The summed E-state index contributed by atoms with van der Waals surface area (Å²) in [5.74, 6) is 0.476. The number of para-hydroxylation sites is 1. The molecule has 0 saturated carbocycles. The Bertz CT molecular complexity index is 916. The second kappa shape index (κ2) is 8.75. The normalized spacial score (nSPS) is 17.9. The number of carbonyl (C=O) groups excluding carboxylic acids is 1. The third-order valence-corrected chi connectivity index (χ3v) is 6.79. The fourth-order valence-electron chi connectivity index (χ4n) is 3.50. The van der Waals surface area contributed by atoms with Crippen molar-refractivity contribution in [2.45, 2.75) is 24.7 Å². The van der Waals surface area contributed by atoms with Crippen molar-refractivity contribution in [1.82, 2.24) is 4.90 Å². The highest BCUT2D eigenvalue weighted by molar-refractivity contribution is 7.92. The van der Waals surface area contributed by atoms with Gasteiger partial charge in [-0.1, -0.05) is 31.2 Å². The van der Waals surface area contributed by atoms with Gasteiger partial charge in [-0.3, -0.25) is 14.0 Å². The number of piperidine rings is 1. The van der Waals surface area contributed by atoms with Crippen molar-refractivity contribution < 1.29 is 13.2 Å².